The Kier molecular flexibility index (Phi) is 3.41. The first-order valence-electron chi connectivity index (χ1n) is 3.72. The first-order valence-corrected chi connectivity index (χ1v) is 4.09. The fourth-order valence-electron chi connectivity index (χ4n) is 0.811. The topological polar surface area (TPSA) is 79.3 Å². The number of carbonyl (C=O) groups is 2. The Morgan fingerprint density at radius 3 is 2.86 bits per heavy atom. The van der Waals surface area contributed by atoms with Crippen molar-refractivity contribution in [3.8, 4) is 0 Å². The van der Waals surface area contributed by atoms with Crippen molar-refractivity contribution in [1.29, 1.82) is 0 Å². The maximum Gasteiger partial charge on any atom is 0.312 e. The van der Waals surface area contributed by atoms with E-state index in [4.69, 9.17) is 16.7 Å². The average Bonchev–Trinajstić information content (AvgIpc) is 2.07. The number of nitrogens with zero attached hydrogens (tertiary/aromatic N) is 1. The molecule has 2 N–H and O–H groups in total. The zero-order valence-electron chi connectivity index (χ0n) is 7.03. The predicted molar refractivity (Wildman–Crippen MR) is 50.1 cm³/mol. The van der Waals surface area contributed by atoms with Gasteiger partial charge in [-0.1, -0.05) is 11.6 Å². The van der Waals surface area contributed by atoms with Crippen LogP contribution >= 0.6 is 11.6 Å². The minimum Gasteiger partial charge on any atom is -0.481 e. The Bertz CT molecular complexity index is 367. The highest BCUT2D eigenvalue weighted by Gasteiger charge is 2.09. The van der Waals surface area contributed by atoms with Gasteiger partial charge in [0, 0.05) is 6.20 Å². The van der Waals surface area contributed by atoms with Gasteiger partial charge in [-0.25, -0.2) is 4.98 Å². The molecule has 0 aliphatic carbocycles. The number of carbonyl (C=O) groups excluding carboxylic acids is 1. The van der Waals surface area contributed by atoms with Gasteiger partial charge in [0.15, 0.2) is 5.15 Å². The van der Waals surface area contributed by atoms with E-state index in [2.05, 4.69) is 10.3 Å². The summed E-state index contributed by atoms with van der Waals surface area (Å²) < 4.78 is 0. The number of amides is 1. The van der Waals surface area contributed by atoms with Crippen LogP contribution < -0.4 is 5.32 Å². The number of nitrogens with one attached hydrogen (secondary N) is 1. The Hall–Kier alpha value is -1.62. The Morgan fingerprint density at radius 1 is 1.57 bits per heavy atom. The van der Waals surface area contributed by atoms with Crippen LogP contribution in [-0.4, -0.2) is 22.0 Å². The number of aliphatic carboxylic acids is 1. The van der Waals surface area contributed by atoms with Gasteiger partial charge in [-0.2, -0.15) is 0 Å². The van der Waals surface area contributed by atoms with Crippen LogP contribution in [0.5, 0.6) is 0 Å². The van der Waals surface area contributed by atoms with E-state index in [9.17, 15) is 9.59 Å². The molecule has 0 bridgehead atoms. The van der Waals surface area contributed by atoms with Crippen LogP contribution in [0.4, 0.5) is 5.69 Å². The smallest absolute Gasteiger partial charge is 0.312 e. The van der Waals surface area contributed by atoms with Gasteiger partial charge in [-0.3, -0.25) is 9.59 Å². The highest BCUT2D eigenvalue weighted by atomic mass is 35.5. The summed E-state index contributed by atoms with van der Waals surface area (Å²) >= 11 is 5.63. The van der Waals surface area contributed by atoms with Crippen LogP contribution in [0.25, 0.3) is 0 Å². The third kappa shape index (κ3) is 3.02. The lowest BCUT2D eigenvalue weighted by atomic mass is 10.3. The number of hydrogen-bond donors (Lipinski definition) is 2. The largest absolute Gasteiger partial charge is 0.481 e. The van der Waals surface area contributed by atoms with Gasteiger partial charge in [0.1, 0.15) is 6.42 Å². The molecule has 0 atom stereocenters. The molecular formula is C8H7ClN2O3. The lowest BCUT2D eigenvalue weighted by molar-refractivity contribution is -0.139. The maximum atomic E-state index is 11.0. The fraction of sp³-hybridized carbons (Fsp3) is 0.125. The van der Waals surface area contributed by atoms with E-state index in [1.165, 1.54) is 12.3 Å². The molecule has 0 saturated carbocycles. The molecule has 0 radical (unpaired) electrons. The third-order valence-electron chi connectivity index (χ3n) is 1.34. The number of halogens is 1. The highest BCUT2D eigenvalue weighted by Crippen LogP contribution is 2.17. The molecule has 0 unspecified atom stereocenters. The second-order valence-corrected chi connectivity index (χ2v) is 2.82. The number of hydrogen-bond acceptors (Lipinski definition) is 3. The molecule has 14 heavy (non-hydrogen) atoms. The third-order valence-corrected chi connectivity index (χ3v) is 1.65. The summed E-state index contributed by atoms with van der Waals surface area (Å²) in [5.41, 5.74) is 0.306. The molecule has 0 spiro atoms. The van der Waals surface area contributed by atoms with E-state index in [1.54, 1.807) is 6.07 Å². The van der Waals surface area contributed by atoms with Crippen LogP contribution in [0.15, 0.2) is 18.3 Å². The molecule has 6 heteroatoms. The van der Waals surface area contributed by atoms with E-state index in [0.717, 1.165) is 0 Å². The van der Waals surface area contributed by atoms with Crippen LogP contribution in [0.3, 0.4) is 0 Å². The molecule has 1 rings (SSSR count). The van der Waals surface area contributed by atoms with Crippen LogP contribution in [0.1, 0.15) is 6.42 Å². The minimum absolute atomic E-state index is 0.131. The lowest BCUT2D eigenvalue weighted by Gasteiger charge is -2.03. The molecule has 1 amide bonds. The Balaban J connectivity index is 2.65. The minimum atomic E-state index is -1.19. The van der Waals surface area contributed by atoms with Gasteiger partial charge in [0.05, 0.1) is 5.69 Å². The fourth-order valence-corrected chi connectivity index (χ4v) is 0.978. The molecule has 74 valence electrons. The summed E-state index contributed by atoms with van der Waals surface area (Å²) in [4.78, 5) is 24.9. The number of carboxylic acids is 1. The summed E-state index contributed by atoms with van der Waals surface area (Å²) in [7, 11) is 0. The average molecular weight is 215 g/mol. The zero-order valence-corrected chi connectivity index (χ0v) is 7.78. The first-order chi connectivity index (χ1) is 6.59. The summed E-state index contributed by atoms with van der Waals surface area (Å²) in [6, 6.07) is 3.12. The van der Waals surface area contributed by atoms with Gasteiger partial charge in [0.2, 0.25) is 5.91 Å². The van der Waals surface area contributed by atoms with E-state index >= 15 is 0 Å². The van der Waals surface area contributed by atoms with Crippen molar-refractivity contribution >= 4 is 29.2 Å². The number of anilines is 1. The molecule has 1 aromatic rings. The van der Waals surface area contributed by atoms with E-state index in [-0.39, 0.29) is 5.15 Å². The summed E-state index contributed by atoms with van der Waals surface area (Å²) in [5.74, 6) is -1.82. The molecule has 0 aliphatic rings. The monoisotopic (exact) mass is 214 g/mol. The number of pyridine rings is 1. The van der Waals surface area contributed by atoms with Crippen molar-refractivity contribution in [3.63, 3.8) is 0 Å². The van der Waals surface area contributed by atoms with E-state index < -0.39 is 18.3 Å². The molecule has 0 aliphatic heterocycles. The molecule has 0 fully saturated rings. The van der Waals surface area contributed by atoms with Crippen molar-refractivity contribution in [1.82, 2.24) is 4.98 Å². The maximum absolute atomic E-state index is 11.0. The second kappa shape index (κ2) is 4.57. The predicted octanol–water partition coefficient (Wildman–Crippen LogP) is 1.15. The number of rotatable bonds is 3. The molecule has 1 heterocycles. The lowest BCUT2D eigenvalue weighted by Crippen LogP contribution is -2.16. The summed E-state index contributed by atoms with van der Waals surface area (Å²) in [6.45, 7) is 0. The second-order valence-electron chi connectivity index (χ2n) is 2.46. The number of carboxylic acid groups (broad SMARTS) is 1. The van der Waals surface area contributed by atoms with Crippen LogP contribution in [0.2, 0.25) is 5.15 Å². The molecule has 5 nitrogen and oxygen atoms in total. The Morgan fingerprint density at radius 2 is 2.29 bits per heavy atom. The van der Waals surface area contributed by atoms with Gasteiger partial charge in [-0.15, -0.1) is 0 Å². The summed E-state index contributed by atoms with van der Waals surface area (Å²) in [6.07, 6.45) is 0.875. The van der Waals surface area contributed by atoms with Crippen molar-refractivity contribution in [3.05, 3.63) is 23.5 Å². The van der Waals surface area contributed by atoms with Gasteiger partial charge in [-0.05, 0) is 12.1 Å². The molecule has 0 aromatic carbocycles. The molecule has 0 saturated heterocycles. The van der Waals surface area contributed by atoms with E-state index in [1.807, 2.05) is 0 Å². The van der Waals surface area contributed by atoms with Crippen LogP contribution in [0, 0.1) is 0 Å². The van der Waals surface area contributed by atoms with Gasteiger partial charge >= 0.3 is 5.97 Å². The van der Waals surface area contributed by atoms with Crippen molar-refractivity contribution in [2.75, 3.05) is 5.32 Å². The van der Waals surface area contributed by atoms with Crippen molar-refractivity contribution in [2.24, 2.45) is 0 Å². The normalized spacial score (nSPS) is 9.50. The van der Waals surface area contributed by atoms with Gasteiger partial charge in [0.25, 0.3) is 0 Å². The quantitative estimate of drug-likeness (QED) is 0.584. The highest BCUT2D eigenvalue weighted by molar-refractivity contribution is 6.32. The standard InChI is InChI=1S/C8H7ClN2O3/c9-8-5(2-1-3-10-8)11-6(12)4-7(13)14/h1-3H,4H2,(H,11,12)(H,13,14). The Labute approximate surface area is 84.7 Å². The zero-order chi connectivity index (χ0) is 10.6. The SMILES string of the molecule is O=C(O)CC(=O)Nc1cccnc1Cl. The van der Waals surface area contributed by atoms with Crippen molar-refractivity contribution < 1.29 is 14.7 Å². The van der Waals surface area contributed by atoms with Crippen molar-refractivity contribution in [2.45, 2.75) is 6.42 Å². The van der Waals surface area contributed by atoms with Gasteiger partial charge < -0.3 is 10.4 Å². The number of aromatic nitrogens is 1. The van der Waals surface area contributed by atoms with E-state index in [0.29, 0.717) is 5.69 Å². The first kappa shape index (κ1) is 10.5. The molecule has 1 aromatic heterocycles. The summed E-state index contributed by atoms with van der Waals surface area (Å²) in [5, 5.41) is 10.8. The molecular weight excluding hydrogens is 208 g/mol. The van der Waals surface area contributed by atoms with Crippen LogP contribution in [-0.2, 0) is 9.59 Å².